The molecule has 1 aliphatic carbocycles. The molecular weight excluding hydrogens is 332 g/mol. The lowest BCUT2D eigenvalue weighted by Crippen LogP contribution is -2.01. The number of nitrogens with one attached hydrogen (secondary N) is 1. The second kappa shape index (κ2) is 5.99. The first-order valence-electron chi connectivity index (χ1n) is 6.81. The van der Waals surface area contributed by atoms with Gasteiger partial charge in [-0.2, -0.15) is 5.26 Å². The molecular formula is C16H15BrN2S. The minimum atomic E-state index is 0.765. The van der Waals surface area contributed by atoms with E-state index in [-0.39, 0.29) is 0 Å². The van der Waals surface area contributed by atoms with E-state index < -0.39 is 0 Å². The van der Waals surface area contributed by atoms with E-state index in [2.05, 4.69) is 39.4 Å². The van der Waals surface area contributed by atoms with Gasteiger partial charge in [0.1, 0.15) is 11.1 Å². The average Bonchev–Trinajstić information content (AvgIpc) is 2.84. The Morgan fingerprint density at radius 3 is 2.70 bits per heavy atom. The zero-order valence-electron chi connectivity index (χ0n) is 11.1. The quantitative estimate of drug-likeness (QED) is 0.860. The van der Waals surface area contributed by atoms with Gasteiger partial charge in [-0.1, -0.05) is 28.1 Å². The van der Waals surface area contributed by atoms with Crippen LogP contribution in [0.3, 0.4) is 0 Å². The van der Waals surface area contributed by atoms with Gasteiger partial charge in [0.05, 0.1) is 5.56 Å². The van der Waals surface area contributed by atoms with Crippen LogP contribution in [0.15, 0.2) is 28.7 Å². The van der Waals surface area contributed by atoms with Crippen molar-refractivity contribution in [3.8, 4) is 6.07 Å². The number of nitrogens with zero attached hydrogens (tertiary/aromatic N) is 1. The van der Waals surface area contributed by atoms with Crippen LogP contribution in [0.5, 0.6) is 0 Å². The van der Waals surface area contributed by atoms with Crippen LogP contribution in [-0.4, -0.2) is 0 Å². The average molecular weight is 347 g/mol. The van der Waals surface area contributed by atoms with E-state index >= 15 is 0 Å². The Morgan fingerprint density at radius 1 is 1.20 bits per heavy atom. The van der Waals surface area contributed by atoms with Gasteiger partial charge in [0, 0.05) is 15.9 Å². The molecule has 3 rings (SSSR count). The fourth-order valence-corrected chi connectivity index (χ4v) is 4.09. The van der Waals surface area contributed by atoms with Crippen molar-refractivity contribution < 1.29 is 0 Å². The van der Waals surface area contributed by atoms with E-state index in [0.29, 0.717) is 0 Å². The molecule has 0 spiro atoms. The van der Waals surface area contributed by atoms with Crippen LogP contribution in [-0.2, 0) is 19.4 Å². The molecule has 2 aromatic rings. The van der Waals surface area contributed by atoms with Crippen LogP contribution in [0.25, 0.3) is 0 Å². The fourth-order valence-electron chi connectivity index (χ4n) is 2.59. The van der Waals surface area contributed by atoms with Crippen molar-refractivity contribution in [2.75, 3.05) is 5.32 Å². The molecule has 0 amide bonds. The SMILES string of the molecule is N#Cc1c(NCc2ccc(Br)cc2)sc2c1CCCC2. The Morgan fingerprint density at radius 2 is 1.95 bits per heavy atom. The first kappa shape index (κ1) is 13.7. The third-order valence-corrected chi connectivity index (χ3v) is 5.43. The number of nitriles is 1. The first-order valence-corrected chi connectivity index (χ1v) is 8.42. The molecule has 4 heteroatoms. The molecule has 0 bridgehead atoms. The number of thiophene rings is 1. The van der Waals surface area contributed by atoms with Crippen LogP contribution in [0.4, 0.5) is 5.00 Å². The molecule has 1 N–H and O–H groups in total. The summed E-state index contributed by atoms with van der Waals surface area (Å²) in [5.41, 5.74) is 3.40. The highest BCUT2D eigenvalue weighted by atomic mass is 79.9. The maximum Gasteiger partial charge on any atom is 0.107 e. The molecule has 20 heavy (non-hydrogen) atoms. The van der Waals surface area contributed by atoms with Crippen molar-refractivity contribution in [1.82, 2.24) is 0 Å². The van der Waals surface area contributed by atoms with Crippen LogP contribution in [0, 0.1) is 11.3 Å². The number of benzene rings is 1. The summed E-state index contributed by atoms with van der Waals surface area (Å²) in [6.07, 6.45) is 4.67. The van der Waals surface area contributed by atoms with Gasteiger partial charge < -0.3 is 5.32 Å². The molecule has 0 radical (unpaired) electrons. The van der Waals surface area contributed by atoms with Gasteiger partial charge in [-0.05, 0) is 48.9 Å². The normalized spacial score (nSPS) is 13.6. The van der Waals surface area contributed by atoms with Gasteiger partial charge in [-0.3, -0.25) is 0 Å². The molecule has 1 aromatic heterocycles. The maximum atomic E-state index is 9.41. The van der Waals surface area contributed by atoms with Gasteiger partial charge in [-0.15, -0.1) is 11.3 Å². The molecule has 0 saturated carbocycles. The second-order valence-electron chi connectivity index (χ2n) is 5.01. The largest absolute Gasteiger partial charge is 0.372 e. The number of halogens is 1. The molecule has 0 fully saturated rings. The monoisotopic (exact) mass is 346 g/mol. The summed E-state index contributed by atoms with van der Waals surface area (Å²) in [6, 6.07) is 10.7. The van der Waals surface area contributed by atoms with Gasteiger partial charge in [0.25, 0.3) is 0 Å². The number of hydrogen-bond acceptors (Lipinski definition) is 3. The van der Waals surface area contributed by atoms with Crippen molar-refractivity contribution in [3.63, 3.8) is 0 Å². The fraction of sp³-hybridized carbons (Fsp3) is 0.312. The predicted octanol–water partition coefficient (Wildman–Crippen LogP) is 4.87. The van der Waals surface area contributed by atoms with Crippen LogP contribution in [0.1, 0.15) is 34.4 Å². The van der Waals surface area contributed by atoms with Gasteiger partial charge in [0.2, 0.25) is 0 Å². The summed E-state index contributed by atoms with van der Waals surface area (Å²) in [6.45, 7) is 0.765. The Kier molecular flexibility index (Phi) is 4.09. The lowest BCUT2D eigenvalue weighted by atomic mass is 9.96. The third kappa shape index (κ3) is 2.74. The van der Waals surface area contributed by atoms with Crippen molar-refractivity contribution in [1.29, 1.82) is 5.26 Å². The number of hydrogen-bond donors (Lipinski definition) is 1. The van der Waals surface area contributed by atoms with E-state index in [1.54, 1.807) is 11.3 Å². The van der Waals surface area contributed by atoms with E-state index in [0.717, 1.165) is 34.4 Å². The highest BCUT2D eigenvalue weighted by molar-refractivity contribution is 9.10. The predicted molar refractivity (Wildman–Crippen MR) is 87.1 cm³/mol. The molecule has 0 unspecified atom stereocenters. The lowest BCUT2D eigenvalue weighted by Gasteiger charge is -2.09. The van der Waals surface area contributed by atoms with Gasteiger partial charge >= 0.3 is 0 Å². The molecule has 0 aliphatic heterocycles. The second-order valence-corrected chi connectivity index (χ2v) is 7.03. The Hall–Kier alpha value is -1.31. The van der Waals surface area contributed by atoms with Crippen LogP contribution < -0.4 is 5.32 Å². The van der Waals surface area contributed by atoms with Gasteiger partial charge in [-0.25, -0.2) is 0 Å². The highest BCUT2D eigenvalue weighted by Gasteiger charge is 2.20. The lowest BCUT2D eigenvalue weighted by molar-refractivity contribution is 0.696. The van der Waals surface area contributed by atoms with Crippen molar-refractivity contribution in [3.05, 3.63) is 50.3 Å². The molecule has 0 saturated heterocycles. The van der Waals surface area contributed by atoms with Crippen LogP contribution in [0.2, 0.25) is 0 Å². The van der Waals surface area contributed by atoms with Crippen LogP contribution >= 0.6 is 27.3 Å². The van der Waals surface area contributed by atoms with Crippen molar-refractivity contribution in [2.45, 2.75) is 32.2 Å². The summed E-state index contributed by atoms with van der Waals surface area (Å²) in [5, 5.41) is 13.9. The molecule has 1 aromatic carbocycles. The molecule has 1 aliphatic rings. The molecule has 0 atom stereocenters. The zero-order valence-corrected chi connectivity index (χ0v) is 13.5. The number of anilines is 1. The zero-order chi connectivity index (χ0) is 13.9. The highest BCUT2D eigenvalue weighted by Crippen LogP contribution is 2.37. The Labute approximate surface area is 131 Å². The Bertz CT molecular complexity index is 652. The summed E-state index contributed by atoms with van der Waals surface area (Å²) in [5.74, 6) is 0. The van der Waals surface area contributed by atoms with E-state index in [4.69, 9.17) is 0 Å². The summed E-state index contributed by atoms with van der Waals surface area (Å²) in [7, 11) is 0. The maximum absolute atomic E-state index is 9.41. The third-order valence-electron chi connectivity index (χ3n) is 3.65. The summed E-state index contributed by atoms with van der Waals surface area (Å²) < 4.78 is 1.09. The van der Waals surface area contributed by atoms with Gasteiger partial charge in [0.15, 0.2) is 0 Å². The number of fused-ring (bicyclic) bond motifs is 1. The molecule has 2 nitrogen and oxygen atoms in total. The van der Waals surface area contributed by atoms with E-state index in [1.165, 1.54) is 28.8 Å². The topological polar surface area (TPSA) is 35.8 Å². The molecule has 1 heterocycles. The summed E-state index contributed by atoms with van der Waals surface area (Å²) in [4.78, 5) is 1.41. The number of aryl methyl sites for hydroxylation is 1. The standard InChI is InChI=1S/C16H15BrN2S/c17-12-7-5-11(6-8-12)10-19-16-14(9-18)13-3-1-2-4-15(13)20-16/h5-8,19H,1-4,10H2. The van der Waals surface area contributed by atoms with Crippen molar-refractivity contribution >= 4 is 32.3 Å². The minimum Gasteiger partial charge on any atom is -0.372 e. The molecule has 102 valence electrons. The van der Waals surface area contributed by atoms with E-state index in [1.807, 2.05) is 12.1 Å². The van der Waals surface area contributed by atoms with Crippen molar-refractivity contribution in [2.24, 2.45) is 0 Å². The smallest absolute Gasteiger partial charge is 0.107 e. The first-order chi connectivity index (χ1) is 9.78. The Balaban J connectivity index is 1.79. The summed E-state index contributed by atoms with van der Waals surface area (Å²) >= 11 is 5.21. The number of rotatable bonds is 3. The van der Waals surface area contributed by atoms with E-state index in [9.17, 15) is 5.26 Å². The minimum absolute atomic E-state index is 0.765.